The Morgan fingerprint density at radius 1 is 1.40 bits per heavy atom. The first-order valence-electron chi connectivity index (χ1n) is 7.58. The molecule has 1 atom stereocenters. The lowest BCUT2D eigenvalue weighted by atomic mass is 10.0. The lowest BCUT2D eigenvalue weighted by Gasteiger charge is -2.25. The van der Waals surface area contributed by atoms with Crippen LogP contribution in [0.5, 0.6) is 0 Å². The van der Waals surface area contributed by atoms with Crippen LogP contribution in [0.2, 0.25) is 0 Å². The van der Waals surface area contributed by atoms with Gasteiger partial charge in [-0.15, -0.1) is 0 Å². The van der Waals surface area contributed by atoms with E-state index < -0.39 is 0 Å². The number of fused-ring (bicyclic) bond motifs is 1. The molecule has 4 heteroatoms. The second-order valence-electron chi connectivity index (χ2n) is 6.80. The molecule has 1 N–H and O–H groups in total. The van der Waals surface area contributed by atoms with Crippen LogP contribution < -0.4 is 5.32 Å². The molecule has 0 spiro atoms. The van der Waals surface area contributed by atoms with Crippen molar-refractivity contribution in [2.24, 2.45) is 5.92 Å². The molecule has 3 heterocycles. The van der Waals surface area contributed by atoms with Gasteiger partial charge in [0.05, 0.1) is 11.7 Å². The first-order chi connectivity index (χ1) is 9.55. The number of rotatable bonds is 3. The summed E-state index contributed by atoms with van der Waals surface area (Å²) in [6.45, 7) is 9.07. The third-order valence-corrected chi connectivity index (χ3v) is 4.14. The molecular weight excluding hydrogens is 248 g/mol. The van der Waals surface area contributed by atoms with Crippen molar-refractivity contribution in [1.29, 1.82) is 0 Å². The Kier molecular flexibility index (Phi) is 3.50. The minimum atomic E-state index is 0.0549. The molecule has 108 valence electrons. The van der Waals surface area contributed by atoms with Gasteiger partial charge in [0.2, 0.25) is 0 Å². The van der Waals surface area contributed by atoms with Gasteiger partial charge in [-0.1, -0.05) is 0 Å². The summed E-state index contributed by atoms with van der Waals surface area (Å²) in [6.07, 6.45) is 7.31. The Morgan fingerprint density at radius 2 is 2.25 bits per heavy atom. The average Bonchev–Trinajstić information content (AvgIpc) is 3.02. The predicted molar refractivity (Wildman–Crippen MR) is 81.8 cm³/mol. The van der Waals surface area contributed by atoms with Crippen LogP contribution in [0, 0.1) is 5.92 Å². The highest BCUT2D eigenvalue weighted by Gasteiger charge is 2.22. The minimum Gasteiger partial charge on any atom is -0.323 e. The molecule has 0 amide bonds. The third-order valence-electron chi connectivity index (χ3n) is 4.14. The molecule has 1 saturated heterocycles. The molecule has 0 radical (unpaired) electrons. The lowest BCUT2D eigenvalue weighted by molar-refractivity contribution is 0.387. The van der Waals surface area contributed by atoms with E-state index in [2.05, 4.69) is 41.7 Å². The van der Waals surface area contributed by atoms with E-state index in [0.717, 1.165) is 24.4 Å². The van der Waals surface area contributed by atoms with Gasteiger partial charge in [-0.05, 0) is 58.7 Å². The maximum absolute atomic E-state index is 4.82. The summed E-state index contributed by atoms with van der Waals surface area (Å²) in [5.41, 5.74) is 2.27. The summed E-state index contributed by atoms with van der Waals surface area (Å²) < 4.78 is 2.38. The van der Waals surface area contributed by atoms with Crippen LogP contribution in [0.15, 0.2) is 18.5 Å². The van der Waals surface area contributed by atoms with Crippen molar-refractivity contribution in [2.75, 3.05) is 13.1 Å². The second-order valence-corrected chi connectivity index (χ2v) is 6.80. The monoisotopic (exact) mass is 272 g/mol. The summed E-state index contributed by atoms with van der Waals surface area (Å²) >= 11 is 0. The number of aryl methyl sites for hydroxylation is 1. The van der Waals surface area contributed by atoms with Crippen molar-refractivity contribution in [3.63, 3.8) is 0 Å². The normalized spacial score (nSPS) is 19.9. The summed E-state index contributed by atoms with van der Waals surface area (Å²) in [4.78, 5) is 9.02. The molecule has 0 bridgehead atoms. The topological polar surface area (TPSA) is 42.7 Å². The first-order valence-corrected chi connectivity index (χ1v) is 7.58. The fourth-order valence-electron chi connectivity index (χ4n) is 3.19. The Balaban J connectivity index is 1.92. The highest BCUT2D eigenvalue weighted by molar-refractivity contribution is 5.75. The fraction of sp³-hybridized carbons (Fsp3) is 0.625. The zero-order chi connectivity index (χ0) is 14.2. The van der Waals surface area contributed by atoms with Crippen LogP contribution in [0.1, 0.15) is 39.4 Å². The summed E-state index contributed by atoms with van der Waals surface area (Å²) in [7, 11) is 0. The Labute approximate surface area is 120 Å². The Morgan fingerprint density at radius 3 is 2.95 bits per heavy atom. The van der Waals surface area contributed by atoms with Gasteiger partial charge in [-0.2, -0.15) is 0 Å². The molecule has 4 nitrogen and oxygen atoms in total. The Hall–Kier alpha value is -1.42. The Bertz CT molecular complexity index is 588. The molecule has 0 saturated carbocycles. The average molecular weight is 272 g/mol. The number of hydrogen-bond donors (Lipinski definition) is 1. The van der Waals surface area contributed by atoms with Crippen molar-refractivity contribution < 1.29 is 0 Å². The van der Waals surface area contributed by atoms with Gasteiger partial charge in [-0.3, -0.25) is 4.98 Å². The van der Waals surface area contributed by atoms with Gasteiger partial charge in [-0.25, -0.2) is 4.98 Å². The molecule has 0 aromatic carbocycles. The van der Waals surface area contributed by atoms with E-state index in [9.17, 15) is 0 Å². The zero-order valence-corrected chi connectivity index (χ0v) is 12.7. The zero-order valence-electron chi connectivity index (χ0n) is 12.7. The summed E-state index contributed by atoms with van der Waals surface area (Å²) in [5, 5.41) is 3.44. The largest absolute Gasteiger partial charge is 0.323 e. The first kappa shape index (κ1) is 13.6. The van der Waals surface area contributed by atoms with Crippen LogP contribution in [0.4, 0.5) is 0 Å². The van der Waals surface area contributed by atoms with Gasteiger partial charge >= 0.3 is 0 Å². The fourth-order valence-corrected chi connectivity index (χ4v) is 3.19. The number of hydrogen-bond acceptors (Lipinski definition) is 3. The molecule has 2 aromatic heterocycles. The minimum absolute atomic E-state index is 0.0549. The molecule has 1 aliphatic heterocycles. The van der Waals surface area contributed by atoms with E-state index in [1.165, 1.54) is 30.7 Å². The third kappa shape index (κ3) is 2.57. The molecule has 3 rings (SSSR count). The van der Waals surface area contributed by atoms with E-state index in [1.807, 2.05) is 12.4 Å². The van der Waals surface area contributed by atoms with Crippen molar-refractivity contribution in [2.45, 2.75) is 45.6 Å². The van der Waals surface area contributed by atoms with E-state index in [0.29, 0.717) is 0 Å². The highest BCUT2D eigenvalue weighted by Crippen LogP contribution is 2.26. The van der Waals surface area contributed by atoms with Gasteiger partial charge in [0.25, 0.3) is 0 Å². The van der Waals surface area contributed by atoms with Crippen LogP contribution in [-0.2, 0) is 12.0 Å². The number of pyridine rings is 1. The van der Waals surface area contributed by atoms with Gasteiger partial charge in [0.15, 0.2) is 0 Å². The molecule has 1 unspecified atom stereocenters. The van der Waals surface area contributed by atoms with E-state index >= 15 is 0 Å². The number of aromatic nitrogens is 3. The molecule has 1 fully saturated rings. The molecule has 20 heavy (non-hydrogen) atoms. The highest BCUT2D eigenvalue weighted by atomic mass is 15.1. The maximum Gasteiger partial charge on any atom is 0.110 e. The number of nitrogens with zero attached hydrogens (tertiary/aromatic N) is 3. The van der Waals surface area contributed by atoms with Crippen molar-refractivity contribution >= 4 is 11.0 Å². The van der Waals surface area contributed by atoms with Gasteiger partial charge in [0.1, 0.15) is 11.3 Å². The quantitative estimate of drug-likeness (QED) is 0.934. The smallest absolute Gasteiger partial charge is 0.110 e. The van der Waals surface area contributed by atoms with E-state index in [-0.39, 0.29) is 5.54 Å². The standard InChI is InChI=1S/C16H24N4/c1-16(2,3)20-14-7-9-18-11-13(14)19-15(20)5-4-12-6-8-17-10-12/h7,9,11-12,17H,4-6,8,10H2,1-3H3. The SMILES string of the molecule is CC(C)(C)n1c(CCC2CCNC2)nc2cnccc21. The predicted octanol–water partition coefficient (Wildman–Crippen LogP) is 2.73. The molecule has 2 aromatic rings. The van der Waals surface area contributed by atoms with Crippen molar-refractivity contribution in [1.82, 2.24) is 19.9 Å². The van der Waals surface area contributed by atoms with Gasteiger partial charge in [0, 0.05) is 18.2 Å². The van der Waals surface area contributed by atoms with Crippen LogP contribution >= 0.6 is 0 Å². The van der Waals surface area contributed by atoms with Gasteiger partial charge < -0.3 is 9.88 Å². The second kappa shape index (κ2) is 5.17. The maximum atomic E-state index is 4.82. The van der Waals surface area contributed by atoms with E-state index in [1.54, 1.807) is 0 Å². The summed E-state index contributed by atoms with van der Waals surface area (Å²) in [6, 6.07) is 2.08. The summed E-state index contributed by atoms with van der Waals surface area (Å²) in [5.74, 6) is 2.01. The molecule has 1 aliphatic rings. The number of imidazole rings is 1. The van der Waals surface area contributed by atoms with Crippen LogP contribution in [0.3, 0.4) is 0 Å². The molecular formula is C16H24N4. The molecule has 0 aliphatic carbocycles. The van der Waals surface area contributed by atoms with E-state index in [4.69, 9.17) is 4.98 Å². The van der Waals surface area contributed by atoms with Crippen molar-refractivity contribution in [3.05, 3.63) is 24.3 Å². The lowest BCUT2D eigenvalue weighted by Crippen LogP contribution is -2.24. The number of nitrogens with one attached hydrogen (secondary N) is 1. The van der Waals surface area contributed by atoms with Crippen LogP contribution in [-0.4, -0.2) is 27.6 Å². The van der Waals surface area contributed by atoms with Crippen LogP contribution in [0.25, 0.3) is 11.0 Å². The van der Waals surface area contributed by atoms with Crippen molar-refractivity contribution in [3.8, 4) is 0 Å².